The van der Waals surface area contributed by atoms with Gasteiger partial charge in [-0.05, 0) is 79.8 Å². The molecule has 2 heterocycles. The van der Waals surface area contributed by atoms with Gasteiger partial charge in [-0.3, -0.25) is 4.79 Å². The van der Waals surface area contributed by atoms with E-state index in [0.29, 0.717) is 23.9 Å². The number of hydrogen-bond acceptors (Lipinski definition) is 7. The molecular formula is C29H26N4O4S. The number of esters is 1. The summed E-state index contributed by atoms with van der Waals surface area (Å²) in [7, 11) is -3.70. The van der Waals surface area contributed by atoms with Gasteiger partial charge in [0, 0.05) is 22.7 Å². The van der Waals surface area contributed by atoms with E-state index in [4.69, 9.17) is 4.74 Å². The normalized spacial score (nSPS) is 17.3. The Morgan fingerprint density at radius 2 is 1.84 bits per heavy atom. The lowest BCUT2D eigenvalue weighted by Crippen LogP contribution is -2.30. The second-order valence-corrected chi connectivity index (χ2v) is 11.3. The molecule has 1 aliphatic carbocycles. The molecule has 9 heteroatoms. The van der Waals surface area contributed by atoms with Crippen molar-refractivity contribution in [3.05, 3.63) is 90.9 Å². The van der Waals surface area contributed by atoms with Crippen molar-refractivity contribution in [2.45, 2.75) is 30.6 Å². The van der Waals surface area contributed by atoms with E-state index < -0.39 is 10.0 Å². The number of ether oxygens (including phenoxy) is 1. The number of nitrogens with one attached hydrogen (secondary N) is 1. The quantitative estimate of drug-likeness (QED) is 0.275. The first-order valence-corrected chi connectivity index (χ1v) is 14.0. The van der Waals surface area contributed by atoms with Crippen LogP contribution in [0.1, 0.15) is 31.2 Å². The lowest BCUT2D eigenvalue weighted by molar-refractivity contribution is -0.151. The molecule has 38 heavy (non-hydrogen) atoms. The summed E-state index contributed by atoms with van der Waals surface area (Å²) in [6, 6.07) is 21.8. The molecule has 6 rings (SSSR count). The van der Waals surface area contributed by atoms with Crippen molar-refractivity contribution in [1.29, 1.82) is 0 Å². The Bertz CT molecular complexity index is 1760. The second kappa shape index (κ2) is 9.57. The van der Waals surface area contributed by atoms with Crippen LogP contribution in [-0.2, 0) is 19.6 Å². The molecule has 1 saturated carbocycles. The number of anilines is 2. The molecule has 0 saturated heterocycles. The summed E-state index contributed by atoms with van der Waals surface area (Å²) in [5, 5.41) is 5.05. The molecule has 0 radical (unpaired) electrons. The van der Waals surface area contributed by atoms with Gasteiger partial charge in [-0.15, -0.1) is 0 Å². The van der Waals surface area contributed by atoms with Gasteiger partial charge < -0.3 is 10.1 Å². The predicted molar refractivity (Wildman–Crippen MR) is 146 cm³/mol. The van der Waals surface area contributed by atoms with Crippen LogP contribution in [0.3, 0.4) is 0 Å². The molecule has 1 aliphatic rings. The summed E-state index contributed by atoms with van der Waals surface area (Å²) < 4.78 is 32.7. The van der Waals surface area contributed by atoms with E-state index in [2.05, 4.69) is 27.4 Å². The molecule has 0 spiro atoms. The van der Waals surface area contributed by atoms with Crippen LogP contribution in [0, 0.1) is 5.92 Å². The van der Waals surface area contributed by atoms with E-state index >= 15 is 0 Å². The van der Waals surface area contributed by atoms with Crippen molar-refractivity contribution in [2.24, 2.45) is 5.92 Å². The van der Waals surface area contributed by atoms with Gasteiger partial charge in [-0.1, -0.05) is 24.3 Å². The SMILES string of the molecule is CCOC(=O)C1CC(c2ccc3ncnc(Nc4ccc5c(ccn5S(=O)(=O)c5ccccc5)c4)c3c2)C1. The maximum absolute atomic E-state index is 13.1. The number of nitrogens with zero attached hydrogens (tertiary/aromatic N) is 3. The highest BCUT2D eigenvalue weighted by atomic mass is 32.2. The maximum Gasteiger partial charge on any atom is 0.308 e. The summed E-state index contributed by atoms with van der Waals surface area (Å²) in [5.41, 5.74) is 3.34. The minimum absolute atomic E-state index is 0.0370. The molecule has 0 atom stereocenters. The van der Waals surface area contributed by atoms with Crippen LogP contribution >= 0.6 is 0 Å². The van der Waals surface area contributed by atoms with Gasteiger partial charge in [0.15, 0.2) is 0 Å². The van der Waals surface area contributed by atoms with Crippen LogP contribution in [0.2, 0.25) is 0 Å². The highest BCUT2D eigenvalue weighted by molar-refractivity contribution is 7.90. The molecule has 0 aliphatic heterocycles. The Hall–Kier alpha value is -4.24. The van der Waals surface area contributed by atoms with Crippen LogP contribution in [0.5, 0.6) is 0 Å². The van der Waals surface area contributed by atoms with Gasteiger partial charge in [0.05, 0.1) is 28.5 Å². The molecule has 5 aromatic rings. The molecule has 0 amide bonds. The summed E-state index contributed by atoms with van der Waals surface area (Å²) >= 11 is 0. The first-order valence-electron chi connectivity index (χ1n) is 12.5. The second-order valence-electron chi connectivity index (χ2n) is 9.44. The Labute approximate surface area is 220 Å². The van der Waals surface area contributed by atoms with E-state index in [1.807, 2.05) is 25.1 Å². The van der Waals surface area contributed by atoms with Crippen molar-refractivity contribution in [1.82, 2.24) is 13.9 Å². The van der Waals surface area contributed by atoms with E-state index in [1.54, 1.807) is 48.7 Å². The lowest BCUT2D eigenvalue weighted by Gasteiger charge is -2.34. The molecule has 0 unspecified atom stereocenters. The average molecular weight is 527 g/mol. The fourth-order valence-corrected chi connectivity index (χ4v) is 6.39. The van der Waals surface area contributed by atoms with Gasteiger partial charge in [-0.25, -0.2) is 22.4 Å². The highest BCUT2D eigenvalue weighted by Gasteiger charge is 2.36. The standard InChI is InChI=1S/C29H26N4O4S/c1-2-37-29(34)22-14-21(15-22)19-8-10-26-25(17-19)28(31-18-30-26)32-23-9-11-27-20(16-23)12-13-33(27)38(35,36)24-6-4-3-5-7-24/h3-13,16-18,21-22H,2,14-15H2,1H3,(H,30,31,32). The smallest absolute Gasteiger partial charge is 0.308 e. The van der Waals surface area contributed by atoms with Crippen molar-refractivity contribution < 1.29 is 17.9 Å². The topological polar surface area (TPSA) is 103 Å². The minimum Gasteiger partial charge on any atom is -0.466 e. The highest BCUT2D eigenvalue weighted by Crippen LogP contribution is 2.43. The van der Waals surface area contributed by atoms with Crippen LogP contribution < -0.4 is 5.32 Å². The third-order valence-corrected chi connectivity index (χ3v) is 8.81. The van der Waals surface area contributed by atoms with Crippen LogP contribution in [0.15, 0.2) is 90.2 Å². The average Bonchev–Trinajstić information content (AvgIpc) is 3.33. The fraction of sp³-hybridized carbons (Fsp3) is 0.207. The molecule has 2 aromatic heterocycles. The Balaban J connectivity index is 1.27. The number of hydrogen-bond donors (Lipinski definition) is 1. The largest absolute Gasteiger partial charge is 0.466 e. The lowest BCUT2D eigenvalue weighted by atomic mass is 9.71. The molecule has 192 valence electrons. The zero-order valence-corrected chi connectivity index (χ0v) is 21.6. The Morgan fingerprint density at radius 1 is 1.03 bits per heavy atom. The zero-order valence-electron chi connectivity index (χ0n) is 20.7. The van der Waals surface area contributed by atoms with Gasteiger partial charge in [0.25, 0.3) is 10.0 Å². The van der Waals surface area contributed by atoms with Crippen molar-refractivity contribution >= 4 is 49.3 Å². The number of carbonyl (C=O) groups is 1. The van der Waals surface area contributed by atoms with E-state index in [9.17, 15) is 13.2 Å². The van der Waals surface area contributed by atoms with Crippen LogP contribution in [-0.4, -0.2) is 34.9 Å². The van der Waals surface area contributed by atoms with Gasteiger partial charge in [0.2, 0.25) is 0 Å². The molecule has 3 aromatic carbocycles. The Morgan fingerprint density at radius 3 is 2.63 bits per heavy atom. The van der Waals surface area contributed by atoms with E-state index in [-0.39, 0.29) is 16.8 Å². The molecule has 1 N–H and O–H groups in total. The van der Waals surface area contributed by atoms with Crippen LogP contribution in [0.4, 0.5) is 11.5 Å². The molecular weight excluding hydrogens is 500 g/mol. The van der Waals surface area contributed by atoms with Crippen LogP contribution in [0.25, 0.3) is 21.8 Å². The summed E-state index contributed by atoms with van der Waals surface area (Å²) in [6.07, 6.45) is 4.65. The molecule has 8 nitrogen and oxygen atoms in total. The first kappa shape index (κ1) is 24.1. The molecule has 0 bridgehead atoms. The Kier molecular flexibility index (Phi) is 6.07. The molecule has 1 fully saturated rings. The van der Waals surface area contributed by atoms with Gasteiger partial charge in [0.1, 0.15) is 12.1 Å². The number of benzene rings is 3. The minimum atomic E-state index is -3.70. The number of fused-ring (bicyclic) bond motifs is 2. The summed E-state index contributed by atoms with van der Waals surface area (Å²) in [6.45, 7) is 2.23. The number of carbonyl (C=O) groups excluding carboxylic acids is 1. The first-order chi connectivity index (χ1) is 18.4. The monoisotopic (exact) mass is 526 g/mol. The predicted octanol–water partition coefficient (Wildman–Crippen LogP) is 5.62. The maximum atomic E-state index is 13.1. The summed E-state index contributed by atoms with van der Waals surface area (Å²) in [4.78, 5) is 21.1. The van der Waals surface area contributed by atoms with E-state index in [1.165, 1.54) is 10.3 Å². The van der Waals surface area contributed by atoms with E-state index in [0.717, 1.165) is 40.4 Å². The summed E-state index contributed by atoms with van der Waals surface area (Å²) in [5.74, 6) is 0.805. The van der Waals surface area contributed by atoms with Crippen molar-refractivity contribution in [3.8, 4) is 0 Å². The third-order valence-electron chi connectivity index (χ3n) is 7.11. The van der Waals surface area contributed by atoms with Gasteiger partial charge >= 0.3 is 5.97 Å². The number of rotatable bonds is 7. The fourth-order valence-electron chi connectivity index (χ4n) is 5.02. The zero-order chi connectivity index (χ0) is 26.3. The van der Waals surface area contributed by atoms with Gasteiger partial charge in [-0.2, -0.15) is 0 Å². The third kappa shape index (κ3) is 4.28. The van der Waals surface area contributed by atoms with Crippen molar-refractivity contribution in [3.63, 3.8) is 0 Å². The van der Waals surface area contributed by atoms with Crippen molar-refractivity contribution in [2.75, 3.05) is 11.9 Å². The number of aromatic nitrogens is 3.